The normalized spacial score (nSPS) is 12.6. The van der Waals surface area contributed by atoms with E-state index >= 15 is 0 Å². The van der Waals surface area contributed by atoms with E-state index in [2.05, 4.69) is 30.5 Å². The second-order valence-electron chi connectivity index (χ2n) is 10.4. The fourth-order valence-electron chi connectivity index (χ4n) is 5.09. The molecule has 4 heterocycles. The SMILES string of the molecule is CCCC(=O)Nc1cncc(-c2cc3c(-c4cc5c(-c6cc(F)cc(C(N)S(C)(=O)=O)c6)cccc5[nH]4)n[nH]c3cn2)c1. The first-order chi connectivity index (χ1) is 20.6. The van der Waals surface area contributed by atoms with Crippen LogP contribution in [0, 0.1) is 5.82 Å². The van der Waals surface area contributed by atoms with E-state index in [0.717, 1.165) is 46.1 Å². The third kappa shape index (κ3) is 5.62. The molecule has 6 aromatic rings. The molecule has 0 saturated carbocycles. The van der Waals surface area contributed by atoms with Crippen molar-refractivity contribution in [2.24, 2.45) is 5.73 Å². The van der Waals surface area contributed by atoms with Crippen LogP contribution in [-0.4, -0.2) is 45.7 Å². The Morgan fingerprint density at radius 1 is 1.02 bits per heavy atom. The predicted molar refractivity (Wildman–Crippen MR) is 165 cm³/mol. The fourth-order valence-corrected chi connectivity index (χ4v) is 5.72. The van der Waals surface area contributed by atoms with Crippen LogP contribution in [0.25, 0.3) is 55.6 Å². The largest absolute Gasteiger partial charge is 0.353 e. The summed E-state index contributed by atoms with van der Waals surface area (Å²) in [6.07, 6.45) is 7.16. The van der Waals surface area contributed by atoms with E-state index in [-0.39, 0.29) is 11.5 Å². The lowest BCUT2D eigenvalue weighted by Crippen LogP contribution is -2.20. The molecule has 10 nitrogen and oxygen atoms in total. The van der Waals surface area contributed by atoms with Crippen LogP contribution in [0.1, 0.15) is 30.7 Å². The van der Waals surface area contributed by atoms with Gasteiger partial charge in [-0.05, 0) is 65.6 Å². The average Bonchev–Trinajstić information content (AvgIpc) is 3.60. The van der Waals surface area contributed by atoms with E-state index in [4.69, 9.17) is 5.73 Å². The lowest BCUT2D eigenvalue weighted by Gasteiger charge is -2.12. The molecular weight excluding hydrogens is 569 g/mol. The van der Waals surface area contributed by atoms with Crippen molar-refractivity contribution >= 4 is 43.2 Å². The summed E-state index contributed by atoms with van der Waals surface area (Å²) in [5, 5.41) is 10.7. The van der Waals surface area contributed by atoms with Gasteiger partial charge in [0.1, 0.15) is 16.9 Å². The van der Waals surface area contributed by atoms with Gasteiger partial charge in [0, 0.05) is 40.7 Å². The first-order valence-electron chi connectivity index (χ1n) is 13.6. The highest BCUT2D eigenvalue weighted by Crippen LogP contribution is 2.36. The number of carbonyl (C=O) groups excluding carboxylic acids is 1. The second-order valence-corrected chi connectivity index (χ2v) is 12.6. The summed E-state index contributed by atoms with van der Waals surface area (Å²) in [5.41, 5.74) is 12.2. The van der Waals surface area contributed by atoms with Crippen molar-refractivity contribution in [2.75, 3.05) is 11.6 Å². The molecule has 1 atom stereocenters. The van der Waals surface area contributed by atoms with Gasteiger partial charge in [-0.25, -0.2) is 12.8 Å². The summed E-state index contributed by atoms with van der Waals surface area (Å²) < 4.78 is 38.8. The van der Waals surface area contributed by atoms with Crippen LogP contribution in [-0.2, 0) is 14.6 Å². The molecule has 1 amide bonds. The Morgan fingerprint density at radius 3 is 2.65 bits per heavy atom. The number of nitrogens with zero attached hydrogens (tertiary/aromatic N) is 3. The summed E-state index contributed by atoms with van der Waals surface area (Å²) in [6, 6.07) is 15.3. The van der Waals surface area contributed by atoms with Crippen LogP contribution < -0.4 is 11.1 Å². The third-order valence-electron chi connectivity index (χ3n) is 7.18. The molecule has 218 valence electrons. The molecule has 0 saturated heterocycles. The smallest absolute Gasteiger partial charge is 0.224 e. The van der Waals surface area contributed by atoms with E-state index in [9.17, 15) is 17.6 Å². The highest BCUT2D eigenvalue weighted by molar-refractivity contribution is 7.90. The number of hydrogen-bond acceptors (Lipinski definition) is 7. The fraction of sp³-hybridized carbons (Fsp3) is 0.161. The molecule has 0 aliphatic rings. The number of carbonyl (C=O) groups is 1. The lowest BCUT2D eigenvalue weighted by molar-refractivity contribution is -0.116. The van der Waals surface area contributed by atoms with E-state index < -0.39 is 21.0 Å². The summed E-state index contributed by atoms with van der Waals surface area (Å²) in [5.74, 6) is -0.658. The summed E-state index contributed by atoms with van der Waals surface area (Å²) in [4.78, 5) is 24.3. The van der Waals surface area contributed by atoms with Crippen molar-refractivity contribution in [3.8, 4) is 33.8 Å². The van der Waals surface area contributed by atoms with E-state index in [0.29, 0.717) is 40.3 Å². The van der Waals surface area contributed by atoms with Crippen LogP contribution >= 0.6 is 0 Å². The number of benzene rings is 2. The zero-order valence-electron chi connectivity index (χ0n) is 23.3. The van der Waals surface area contributed by atoms with Crippen molar-refractivity contribution in [3.05, 3.63) is 84.6 Å². The quantitative estimate of drug-likeness (QED) is 0.175. The second kappa shape index (κ2) is 11.0. The van der Waals surface area contributed by atoms with Crippen LogP contribution in [0.2, 0.25) is 0 Å². The molecule has 0 aliphatic heterocycles. The number of halogens is 1. The Morgan fingerprint density at radius 2 is 1.86 bits per heavy atom. The zero-order chi connectivity index (χ0) is 30.3. The Hall–Kier alpha value is -4.94. The topological polar surface area (TPSA) is 160 Å². The molecule has 12 heteroatoms. The van der Waals surface area contributed by atoms with Crippen molar-refractivity contribution in [1.29, 1.82) is 0 Å². The molecule has 0 spiro atoms. The van der Waals surface area contributed by atoms with Crippen LogP contribution in [0.4, 0.5) is 10.1 Å². The number of hydrogen-bond donors (Lipinski definition) is 4. The molecule has 2 aromatic carbocycles. The van der Waals surface area contributed by atoms with Gasteiger partial charge in [-0.1, -0.05) is 19.1 Å². The number of H-pyrrole nitrogens is 2. The summed E-state index contributed by atoms with van der Waals surface area (Å²) >= 11 is 0. The van der Waals surface area contributed by atoms with Gasteiger partial charge in [-0.3, -0.25) is 19.9 Å². The average molecular weight is 598 g/mol. The molecule has 5 N–H and O–H groups in total. The van der Waals surface area contributed by atoms with Crippen molar-refractivity contribution < 1.29 is 17.6 Å². The zero-order valence-corrected chi connectivity index (χ0v) is 24.2. The van der Waals surface area contributed by atoms with Crippen LogP contribution in [0.5, 0.6) is 0 Å². The van der Waals surface area contributed by atoms with Gasteiger partial charge in [0.05, 0.1) is 35.0 Å². The van der Waals surface area contributed by atoms with Crippen molar-refractivity contribution in [3.63, 3.8) is 0 Å². The number of amides is 1. The number of pyridine rings is 2. The van der Waals surface area contributed by atoms with Crippen molar-refractivity contribution in [1.82, 2.24) is 25.1 Å². The van der Waals surface area contributed by atoms with Gasteiger partial charge in [-0.2, -0.15) is 5.10 Å². The number of aromatic nitrogens is 5. The lowest BCUT2D eigenvalue weighted by atomic mass is 9.99. The number of sulfone groups is 1. The maximum absolute atomic E-state index is 14.7. The summed E-state index contributed by atoms with van der Waals surface area (Å²) in [7, 11) is -3.63. The van der Waals surface area contributed by atoms with Crippen LogP contribution in [0.3, 0.4) is 0 Å². The molecule has 43 heavy (non-hydrogen) atoms. The van der Waals surface area contributed by atoms with Crippen molar-refractivity contribution in [2.45, 2.75) is 25.1 Å². The molecule has 1 unspecified atom stereocenters. The molecule has 0 radical (unpaired) electrons. The maximum atomic E-state index is 14.7. The Labute approximate surface area is 246 Å². The number of nitrogens with one attached hydrogen (secondary N) is 3. The Bertz CT molecular complexity index is 2120. The monoisotopic (exact) mass is 597 g/mol. The minimum absolute atomic E-state index is 0.0760. The standard InChI is InChI=1S/C31H28FN7O3S/c1-3-5-29(40)36-21-11-19(14-34-15-21)26-13-24-28(16-35-26)38-39-30(24)27-12-23-22(6-4-7-25(23)37-27)17-8-18(10-20(32)9-17)31(33)43(2,41)42/h4,6-16,31,37H,3,5,33H2,1-2H3,(H,36,40)(H,38,39). The van der Waals surface area contributed by atoms with Gasteiger partial charge in [0.2, 0.25) is 5.91 Å². The Balaban J connectivity index is 1.40. The van der Waals surface area contributed by atoms with E-state index in [1.165, 1.54) is 6.07 Å². The first-order valence-corrected chi connectivity index (χ1v) is 15.5. The van der Waals surface area contributed by atoms with Gasteiger partial charge >= 0.3 is 0 Å². The van der Waals surface area contributed by atoms with Gasteiger partial charge in [-0.15, -0.1) is 0 Å². The Kier molecular flexibility index (Phi) is 7.24. The van der Waals surface area contributed by atoms with Gasteiger partial charge < -0.3 is 16.0 Å². The molecule has 6 rings (SSSR count). The number of anilines is 1. The molecular formula is C31H28FN7O3S. The highest BCUT2D eigenvalue weighted by atomic mass is 32.2. The van der Waals surface area contributed by atoms with E-state index in [1.807, 2.05) is 43.3 Å². The summed E-state index contributed by atoms with van der Waals surface area (Å²) in [6.45, 7) is 1.94. The predicted octanol–water partition coefficient (Wildman–Crippen LogP) is 5.71. The molecule has 0 aliphatic carbocycles. The first kappa shape index (κ1) is 28.2. The maximum Gasteiger partial charge on any atom is 0.224 e. The molecule has 4 aromatic heterocycles. The number of nitrogens with two attached hydrogens (primary N) is 1. The van der Waals surface area contributed by atoms with Gasteiger partial charge in [0.25, 0.3) is 0 Å². The minimum Gasteiger partial charge on any atom is -0.353 e. The van der Waals surface area contributed by atoms with Crippen LogP contribution in [0.15, 0.2) is 73.2 Å². The molecule has 0 bridgehead atoms. The molecule has 0 fully saturated rings. The number of fused-ring (bicyclic) bond motifs is 2. The number of aromatic amines is 2. The number of rotatable bonds is 8. The minimum atomic E-state index is -3.63. The third-order valence-corrected chi connectivity index (χ3v) is 8.38. The van der Waals surface area contributed by atoms with E-state index in [1.54, 1.807) is 24.7 Å². The van der Waals surface area contributed by atoms with Gasteiger partial charge in [0.15, 0.2) is 9.84 Å². The highest BCUT2D eigenvalue weighted by Gasteiger charge is 2.21.